The fourth-order valence-electron chi connectivity index (χ4n) is 1.66. The molecule has 1 aromatic rings. The molecule has 1 rings (SSSR count). The van der Waals surface area contributed by atoms with E-state index in [1.54, 1.807) is 0 Å². The molecule has 0 bridgehead atoms. The van der Waals surface area contributed by atoms with Crippen molar-refractivity contribution in [1.29, 1.82) is 0 Å². The van der Waals surface area contributed by atoms with Crippen LogP contribution in [-0.2, 0) is 17.7 Å². The molecule has 0 spiro atoms. The third-order valence-corrected chi connectivity index (χ3v) is 2.52. The molecular weight excluding hydrogens is 256 g/mol. The van der Waals surface area contributed by atoms with Gasteiger partial charge in [0, 0.05) is 12.3 Å². The molecule has 112 valence electrons. The molecular formula is C15H24N2O3. The van der Waals surface area contributed by atoms with Crippen LogP contribution in [0.1, 0.15) is 45.0 Å². The first-order chi connectivity index (χ1) is 9.40. The number of ether oxygens (including phenoxy) is 1. The second kappa shape index (κ2) is 7.85. The Balaban J connectivity index is 2.44. The summed E-state index contributed by atoms with van der Waals surface area (Å²) in [6.45, 7) is 6.04. The average Bonchev–Trinajstić information content (AvgIpc) is 2.35. The molecule has 5 heteroatoms. The molecule has 1 amide bonds. The minimum atomic E-state index is -0.496. The lowest BCUT2D eigenvalue weighted by molar-refractivity contribution is 0.0523. The minimum Gasteiger partial charge on any atom is -0.444 e. The van der Waals surface area contributed by atoms with Crippen molar-refractivity contribution in [2.75, 3.05) is 6.61 Å². The lowest BCUT2D eigenvalue weighted by Crippen LogP contribution is -2.32. The van der Waals surface area contributed by atoms with Crippen LogP contribution >= 0.6 is 0 Å². The van der Waals surface area contributed by atoms with Gasteiger partial charge in [-0.05, 0) is 52.2 Å². The van der Waals surface area contributed by atoms with E-state index in [9.17, 15) is 4.79 Å². The Bertz CT molecular complexity index is 427. The molecule has 20 heavy (non-hydrogen) atoms. The van der Waals surface area contributed by atoms with Crippen molar-refractivity contribution in [2.45, 2.75) is 52.2 Å². The van der Waals surface area contributed by atoms with Crippen LogP contribution in [0.4, 0.5) is 4.79 Å². The van der Waals surface area contributed by atoms with Gasteiger partial charge in [0.1, 0.15) is 5.60 Å². The highest BCUT2D eigenvalue weighted by atomic mass is 16.6. The molecule has 0 saturated carbocycles. The van der Waals surface area contributed by atoms with E-state index in [4.69, 9.17) is 9.84 Å². The van der Waals surface area contributed by atoms with Crippen LogP contribution in [0.25, 0.3) is 0 Å². The molecule has 1 aromatic heterocycles. The molecule has 5 nitrogen and oxygen atoms in total. The van der Waals surface area contributed by atoms with E-state index in [0.29, 0.717) is 6.54 Å². The molecule has 2 N–H and O–H groups in total. The van der Waals surface area contributed by atoms with Gasteiger partial charge in [-0.3, -0.25) is 4.98 Å². The lowest BCUT2D eigenvalue weighted by atomic mass is 10.2. The van der Waals surface area contributed by atoms with Crippen LogP contribution in [-0.4, -0.2) is 28.4 Å². The standard InChI is InChI=1S/C15H24N2O3/c1-15(2,3)20-14(19)16-11-13-9-6-8-12(17-13)7-4-5-10-18/h6,8-9,18H,4-5,7,10-11H2,1-3H3,(H,16,19). The minimum absolute atomic E-state index is 0.208. The van der Waals surface area contributed by atoms with Gasteiger partial charge in [-0.2, -0.15) is 0 Å². The summed E-state index contributed by atoms with van der Waals surface area (Å²) < 4.78 is 5.16. The van der Waals surface area contributed by atoms with Gasteiger partial charge >= 0.3 is 6.09 Å². The van der Waals surface area contributed by atoms with E-state index in [2.05, 4.69) is 10.3 Å². The molecule has 0 atom stereocenters. The van der Waals surface area contributed by atoms with Gasteiger partial charge in [-0.1, -0.05) is 6.07 Å². The molecule has 0 aliphatic heterocycles. The first kappa shape index (κ1) is 16.4. The van der Waals surface area contributed by atoms with Gasteiger partial charge in [-0.25, -0.2) is 4.79 Å². The number of hydrogen-bond donors (Lipinski definition) is 2. The van der Waals surface area contributed by atoms with Crippen LogP contribution in [0.3, 0.4) is 0 Å². The van der Waals surface area contributed by atoms with E-state index in [-0.39, 0.29) is 6.61 Å². The summed E-state index contributed by atoms with van der Waals surface area (Å²) in [4.78, 5) is 16.0. The SMILES string of the molecule is CC(C)(C)OC(=O)NCc1cccc(CCCCO)n1. The second-order valence-corrected chi connectivity index (χ2v) is 5.66. The maximum Gasteiger partial charge on any atom is 0.407 e. The number of nitrogens with one attached hydrogen (secondary N) is 1. The number of rotatable bonds is 6. The van der Waals surface area contributed by atoms with Crippen molar-refractivity contribution >= 4 is 6.09 Å². The highest BCUT2D eigenvalue weighted by Crippen LogP contribution is 2.07. The topological polar surface area (TPSA) is 71.5 Å². The van der Waals surface area contributed by atoms with Gasteiger partial charge in [0.25, 0.3) is 0 Å². The molecule has 0 aromatic carbocycles. The number of aliphatic hydroxyl groups is 1. The van der Waals surface area contributed by atoms with Crippen LogP contribution in [0.5, 0.6) is 0 Å². The van der Waals surface area contributed by atoms with Gasteiger partial charge in [0.2, 0.25) is 0 Å². The van der Waals surface area contributed by atoms with E-state index in [1.807, 2.05) is 39.0 Å². The first-order valence-corrected chi connectivity index (χ1v) is 6.93. The Labute approximate surface area is 120 Å². The number of hydrogen-bond acceptors (Lipinski definition) is 4. The smallest absolute Gasteiger partial charge is 0.407 e. The van der Waals surface area contributed by atoms with Gasteiger partial charge in [0.15, 0.2) is 0 Å². The predicted octanol–water partition coefficient (Wildman–Crippen LogP) is 2.42. The van der Waals surface area contributed by atoms with E-state index < -0.39 is 11.7 Å². The maximum absolute atomic E-state index is 11.5. The molecule has 0 aliphatic carbocycles. The first-order valence-electron chi connectivity index (χ1n) is 6.93. The summed E-state index contributed by atoms with van der Waals surface area (Å²) in [5.74, 6) is 0. The van der Waals surface area contributed by atoms with Crippen molar-refractivity contribution in [2.24, 2.45) is 0 Å². The summed E-state index contributed by atoms with van der Waals surface area (Å²) in [6, 6.07) is 5.74. The van der Waals surface area contributed by atoms with Gasteiger partial charge in [-0.15, -0.1) is 0 Å². The molecule has 0 saturated heterocycles. The van der Waals surface area contributed by atoms with Crippen LogP contribution < -0.4 is 5.32 Å². The number of unbranched alkanes of at least 4 members (excludes halogenated alkanes) is 1. The van der Waals surface area contributed by atoms with Crippen LogP contribution in [0.2, 0.25) is 0 Å². The summed E-state index contributed by atoms with van der Waals surface area (Å²) in [5.41, 5.74) is 1.28. The molecule has 1 heterocycles. The number of carbonyl (C=O) groups is 1. The van der Waals surface area contributed by atoms with Crippen molar-refractivity contribution in [3.05, 3.63) is 29.6 Å². The fourth-order valence-corrected chi connectivity index (χ4v) is 1.66. The quantitative estimate of drug-likeness (QED) is 0.785. The summed E-state index contributed by atoms with van der Waals surface area (Å²) in [6.07, 6.45) is 2.08. The number of amides is 1. The molecule has 0 radical (unpaired) electrons. The van der Waals surface area contributed by atoms with Gasteiger partial charge < -0.3 is 15.2 Å². The fraction of sp³-hybridized carbons (Fsp3) is 0.600. The van der Waals surface area contributed by atoms with E-state index in [0.717, 1.165) is 30.7 Å². The number of aromatic nitrogens is 1. The third-order valence-electron chi connectivity index (χ3n) is 2.52. The Kier molecular flexibility index (Phi) is 6.45. The van der Waals surface area contributed by atoms with Crippen molar-refractivity contribution in [3.63, 3.8) is 0 Å². The molecule has 0 unspecified atom stereocenters. The van der Waals surface area contributed by atoms with Crippen molar-refractivity contribution < 1.29 is 14.6 Å². The Morgan fingerprint density at radius 3 is 2.65 bits per heavy atom. The molecule has 0 aliphatic rings. The Morgan fingerprint density at radius 2 is 2.00 bits per heavy atom. The Morgan fingerprint density at radius 1 is 1.30 bits per heavy atom. The number of pyridine rings is 1. The number of aliphatic hydroxyl groups excluding tert-OH is 1. The summed E-state index contributed by atoms with van der Waals surface area (Å²) in [5, 5.41) is 11.4. The van der Waals surface area contributed by atoms with Crippen molar-refractivity contribution in [3.8, 4) is 0 Å². The highest BCUT2D eigenvalue weighted by Gasteiger charge is 2.15. The zero-order valence-electron chi connectivity index (χ0n) is 12.5. The largest absolute Gasteiger partial charge is 0.444 e. The number of aryl methyl sites for hydroxylation is 1. The summed E-state index contributed by atoms with van der Waals surface area (Å²) in [7, 11) is 0. The third kappa shape index (κ3) is 7.09. The molecule has 0 fully saturated rings. The van der Waals surface area contributed by atoms with E-state index >= 15 is 0 Å². The number of nitrogens with zero attached hydrogens (tertiary/aromatic N) is 1. The maximum atomic E-state index is 11.5. The average molecular weight is 280 g/mol. The van der Waals surface area contributed by atoms with E-state index in [1.165, 1.54) is 0 Å². The summed E-state index contributed by atoms with van der Waals surface area (Å²) >= 11 is 0. The lowest BCUT2D eigenvalue weighted by Gasteiger charge is -2.19. The number of carbonyl (C=O) groups excluding carboxylic acids is 1. The second-order valence-electron chi connectivity index (χ2n) is 5.66. The zero-order valence-corrected chi connectivity index (χ0v) is 12.5. The van der Waals surface area contributed by atoms with Crippen LogP contribution in [0.15, 0.2) is 18.2 Å². The number of alkyl carbamates (subject to hydrolysis) is 1. The van der Waals surface area contributed by atoms with Crippen LogP contribution in [0, 0.1) is 0 Å². The highest BCUT2D eigenvalue weighted by molar-refractivity contribution is 5.67. The van der Waals surface area contributed by atoms with Crippen molar-refractivity contribution in [1.82, 2.24) is 10.3 Å². The normalized spacial score (nSPS) is 11.2. The zero-order chi connectivity index (χ0) is 15.0. The van der Waals surface area contributed by atoms with Gasteiger partial charge in [0.05, 0.1) is 12.2 Å². The Hall–Kier alpha value is -1.62. The predicted molar refractivity (Wildman–Crippen MR) is 77.3 cm³/mol. The monoisotopic (exact) mass is 280 g/mol.